The van der Waals surface area contributed by atoms with Crippen LogP contribution in [-0.4, -0.2) is 56.5 Å². The molecule has 0 spiro atoms. The first-order valence-electron chi connectivity index (χ1n) is 14.7. The number of halogens is 1. The number of anilines is 1. The van der Waals surface area contributed by atoms with Gasteiger partial charge in [-0.15, -0.1) is 0 Å². The maximum Gasteiger partial charge on any atom is 0.337 e. The quantitative estimate of drug-likeness (QED) is 0.166. The second-order valence-corrected chi connectivity index (χ2v) is 14.2. The molecule has 3 aromatic carbocycles. The number of carboxylic acid groups (broad SMARTS) is 1. The molecule has 3 atom stereocenters. The van der Waals surface area contributed by atoms with E-state index >= 15 is 0 Å². The van der Waals surface area contributed by atoms with E-state index in [9.17, 15) is 23.1 Å². The number of hydrogen-bond donors (Lipinski definition) is 3. The molecule has 1 heterocycles. The van der Waals surface area contributed by atoms with Crippen LogP contribution in [0, 0.1) is 0 Å². The molecule has 1 saturated heterocycles. The highest BCUT2D eigenvalue weighted by atomic mass is 35.5. The fraction of sp³-hybridized carbons (Fsp3) is 0.394. The predicted octanol–water partition coefficient (Wildman–Crippen LogP) is 5.58. The molecule has 3 aromatic rings. The third kappa shape index (κ3) is 9.27. The Labute approximate surface area is 268 Å². The van der Waals surface area contributed by atoms with Crippen LogP contribution >= 0.6 is 11.6 Å². The highest BCUT2D eigenvalue weighted by molar-refractivity contribution is 7.91. The molecule has 0 aromatic heterocycles. The van der Waals surface area contributed by atoms with Gasteiger partial charge in [0.1, 0.15) is 17.7 Å². The molecule has 0 radical (unpaired) electrons. The molecule has 0 aliphatic carbocycles. The summed E-state index contributed by atoms with van der Waals surface area (Å²) in [4.78, 5) is 24.9. The molecule has 12 heteroatoms. The molecule has 242 valence electrons. The molecular formula is C33H39ClN2O8S. The van der Waals surface area contributed by atoms with E-state index in [4.69, 9.17) is 31.5 Å². The average molecular weight is 659 g/mol. The zero-order valence-corrected chi connectivity index (χ0v) is 27.1. The van der Waals surface area contributed by atoms with E-state index in [0.29, 0.717) is 36.6 Å². The molecule has 45 heavy (non-hydrogen) atoms. The number of esters is 1. The van der Waals surface area contributed by atoms with Crippen LogP contribution in [-0.2, 0) is 35.3 Å². The molecule has 4 N–H and O–H groups in total. The summed E-state index contributed by atoms with van der Waals surface area (Å²) >= 11 is 6.32. The van der Waals surface area contributed by atoms with Crippen molar-refractivity contribution in [1.82, 2.24) is 5.32 Å². The van der Waals surface area contributed by atoms with Crippen LogP contribution in [0.1, 0.15) is 67.6 Å². The van der Waals surface area contributed by atoms with Crippen molar-refractivity contribution in [2.75, 3.05) is 18.9 Å². The topological polar surface area (TPSA) is 154 Å². The number of aromatic carboxylic acids is 1. The highest BCUT2D eigenvalue weighted by Gasteiger charge is 2.36. The van der Waals surface area contributed by atoms with Gasteiger partial charge in [-0.1, -0.05) is 35.9 Å². The summed E-state index contributed by atoms with van der Waals surface area (Å²) in [5.41, 5.74) is 6.14. The van der Waals surface area contributed by atoms with Crippen molar-refractivity contribution in [3.63, 3.8) is 0 Å². The van der Waals surface area contributed by atoms with Crippen LogP contribution in [0.4, 0.5) is 5.69 Å². The third-order valence-corrected chi connectivity index (χ3v) is 9.16. The van der Waals surface area contributed by atoms with E-state index in [2.05, 4.69) is 5.32 Å². The van der Waals surface area contributed by atoms with Crippen LogP contribution in [0.2, 0.25) is 5.02 Å². The van der Waals surface area contributed by atoms with Crippen LogP contribution < -0.4 is 11.1 Å². The van der Waals surface area contributed by atoms with E-state index in [1.807, 2.05) is 6.07 Å². The van der Waals surface area contributed by atoms with E-state index in [1.165, 1.54) is 24.3 Å². The molecule has 4 rings (SSSR count). The van der Waals surface area contributed by atoms with Crippen LogP contribution in [0.3, 0.4) is 0 Å². The van der Waals surface area contributed by atoms with Gasteiger partial charge in [-0.3, -0.25) is 4.79 Å². The van der Waals surface area contributed by atoms with Crippen molar-refractivity contribution >= 4 is 39.1 Å². The molecule has 0 saturated carbocycles. The molecule has 1 aliphatic rings. The van der Waals surface area contributed by atoms with E-state index < -0.39 is 45.8 Å². The summed E-state index contributed by atoms with van der Waals surface area (Å²) in [5, 5.41) is 13.1. The van der Waals surface area contributed by atoms with Crippen LogP contribution in [0.5, 0.6) is 0 Å². The van der Waals surface area contributed by atoms with Crippen molar-refractivity contribution in [2.24, 2.45) is 0 Å². The zero-order chi connectivity index (χ0) is 32.8. The van der Waals surface area contributed by atoms with Crippen molar-refractivity contribution < 1.29 is 37.3 Å². The minimum absolute atomic E-state index is 0.00820. The summed E-state index contributed by atoms with van der Waals surface area (Å²) in [7, 11) is -3.99. The Bertz CT molecular complexity index is 1600. The lowest BCUT2D eigenvalue weighted by Gasteiger charge is -2.33. The van der Waals surface area contributed by atoms with Gasteiger partial charge >= 0.3 is 11.9 Å². The summed E-state index contributed by atoms with van der Waals surface area (Å²) in [6.45, 7) is 6.29. The summed E-state index contributed by atoms with van der Waals surface area (Å²) in [5.74, 6) is -1.81. The van der Waals surface area contributed by atoms with Gasteiger partial charge in [0.2, 0.25) is 9.84 Å². The summed E-state index contributed by atoms with van der Waals surface area (Å²) < 4.78 is 44.4. The Hall–Kier alpha value is -3.48. The van der Waals surface area contributed by atoms with Crippen molar-refractivity contribution in [1.29, 1.82) is 0 Å². The minimum atomic E-state index is -3.99. The largest absolute Gasteiger partial charge is 0.478 e. The number of nitrogen functional groups attached to an aromatic ring is 1. The average Bonchev–Trinajstić information content (AvgIpc) is 2.98. The van der Waals surface area contributed by atoms with Gasteiger partial charge in [-0.25, -0.2) is 13.2 Å². The normalized spacial score (nSPS) is 16.9. The first kappa shape index (κ1) is 34.4. The fourth-order valence-electron chi connectivity index (χ4n) is 4.93. The van der Waals surface area contributed by atoms with E-state index in [-0.39, 0.29) is 21.0 Å². The van der Waals surface area contributed by atoms with E-state index in [1.54, 1.807) is 51.1 Å². The number of nitrogens with two attached hydrogens (primary N) is 1. The smallest absolute Gasteiger partial charge is 0.337 e. The number of nitrogens with one attached hydrogen (secondary N) is 1. The molecule has 0 bridgehead atoms. The van der Waals surface area contributed by atoms with Gasteiger partial charge in [0.05, 0.1) is 15.4 Å². The highest BCUT2D eigenvalue weighted by Crippen LogP contribution is 2.30. The van der Waals surface area contributed by atoms with Gasteiger partial charge in [0.15, 0.2) is 6.29 Å². The van der Waals surface area contributed by atoms with Crippen molar-refractivity contribution in [3.8, 4) is 0 Å². The number of carboxylic acids is 1. The van der Waals surface area contributed by atoms with Gasteiger partial charge in [0.25, 0.3) is 0 Å². The molecule has 2 unspecified atom stereocenters. The number of sulfone groups is 1. The standard InChI is InChI=1S/C33H39ClN2O8S/c1-33(2,3)44-32(39)29(30(22-7-6-8-23(34)19-22)43-28-9-4-5-18-42-28)36-17-16-21-10-12-24(13-11-21)45(40,41)25-14-15-27(35)26(20-25)31(37)38/h6-8,10-15,19-20,28-30,36H,4-5,9,16-18,35H2,1-3H3,(H,37,38)/t28?,29?,30-/m1/s1. The zero-order valence-electron chi connectivity index (χ0n) is 25.5. The van der Waals surface area contributed by atoms with Crippen LogP contribution in [0.25, 0.3) is 0 Å². The van der Waals surface area contributed by atoms with Gasteiger partial charge in [-0.05, 0) is 100 Å². The fourth-order valence-corrected chi connectivity index (χ4v) is 6.41. The van der Waals surface area contributed by atoms with Crippen LogP contribution in [0.15, 0.2) is 76.5 Å². The first-order valence-corrected chi connectivity index (χ1v) is 16.6. The lowest BCUT2D eigenvalue weighted by atomic mass is 10.0. The monoisotopic (exact) mass is 658 g/mol. The second kappa shape index (κ2) is 14.7. The molecule has 1 aliphatic heterocycles. The SMILES string of the molecule is CC(C)(C)OC(=O)C(NCCc1ccc(S(=O)(=O)c2ccc(N)c(C(=O)O)c2)cc1)[C@H](OC1CCCCO1)c1cccc(Cl)c1. The molecule has 0 amide bonds. The Kier molecular flexibility index (Phi) is 11.3. The van der Waals surface area contributed by atoms with Gasteiger partial charge < -0.3 is 30.4 Å². The number of benzene rings is 3. The van der Waals surface area contributed by atoms with Gasteiger partial charge in [-0.2, -0.15) is 0 Å². The molecule has 1 fully saturated rings. The third-order valence-electron chi connectivity index (χ3n) is 7.15. The maximum atomic E-state index is 13.6. The van der Waals surface area contributed by atoms with Crippen molar-refractivity contribution in [2.45, 2.75) is 80.3 Å². The Morgan fingerprint density at radius 1 is 1.07 bits per heavy atom. The Balaban J connectivity index is 1.53. The summed E-state index contributed by atoms with van der Waals surface area (Å²) in [6, 6.07) is 16.1. The molecule has 10 nitrogen and oxygen atoms in total. The second-order valence-electron chi connectivity index (χ2n) is 11.8. The Morgan fingerprint density at radius 3 is 2.40 bits per heavy atom. The number of carbonyl (C=O) groups excluding carboxylic acids is 1. The predicted molar refractivity (Wildman–Crippen MR) is 170 cm³/mol. The van der Waals surface area contributed by atoms with Crippen molar-refractivity contribution in [3.05, 3.63) is 88.4 Å². The number of rotatable bonds is 12. The number of carbonyl (C=O) groups is 2. The lowest BCUT2D eigenvalue weighted by Crippen LogP contribution is -2.47. The first-order chi connectivity index (χ1) is 21.2. The Morgan fingerprint density at radius 2 is 1.78 bits per heavy atom. The summed E-state index contributed by atoms with van der Waals surface area (Å²) in [6.07, 6.45) is 1.79. The number of hydrogen-bond acceptors (Lipinski definition) is 9. The minimum Gasteiger partial charge on any atom is -0.478 e. The lowest BCUT2D eigenvalue weighted by molar-refractivity contribution is -0.202. The molecular weight excluding hydrogens is 620 g/mol. The van der Waals surface area contributed by atoms with Gasteiger partial charge in [0, 0.05) is 23.9 Å². The van der Waals surface area contributed by atoms with E-state index in [0.717, 1.165) is 24.5 Å². The number of ether oxygens (including phenoxy) is 3. The maximum absolute atomic E-state index is 13.6.